The smallest absolute Gasteiger partial charge is 0.240 e. The first-order valence-corrected chi connectivity index (χ1v) is 6.85. The molecule has 17 heavy (non-hydrogen) atoms. The summed E-state index contributed by atoms with van der Waals surface area (Å²) in [7, 11) is 0. The Balaban J connectivity index is 2.05. The maximum Gasteiger partial charge on any atom is 0.240 e. The molecule has 1 aliphatic rings. The highest BCUT2D eigenvalue weighted by atomic mass is 32.1. The predicted molar refractivity (Wildman–Crippen MR) is 67.4 cm³/mol. The van der Waals surface area contributed by atoms with Gasteiger partial charge in [-0.2, -0.15) is 5.26 Å². The molecule has 1 aromatic rings. The normalized spacial score (nSPS) is 18.8. The molecular formula is C13H16N2OS. The van der Waals surface area contributed by atoms with Gasteiger partial charge in [0.1, 0.15) is 5.41 Å². The van der Waals surface area contributed by atoms with Crippen LogP contribution in [0, 0.1) is 16.7 Å². The van der Waals surface area contributed by atoms with E-state index in [1.807, 2.05) is 24.4 Å². The van der Waals surface area contributed by atoms with Crippen molar-refractivity contribution in [2.75, 3.05) is 0 Å². The van der Waals surface area contributed by atoms with Gasteiger partial charge in [0.05, 0.1) is 12.1 Å². The lowest BCUT2D eigenvalue weighted by Crippen LogP contribution is -2.45. The van der Waals surface area contributed by atoms with Crippen molar-refractivity contribution >= 4 is 17.2 Å². The van der Waals surface area contributed by atoms with Crippen molar-refractivity contribution in [1.29, 1.82) is 5.26 Å². The van der Waals surface area contributed by atoms with Crippen LogP contribution in [-0.2, 0) is 4.79 Å². The summed E-state index contributed by atoms with van der Waals surface area (Å²) in [4.78, 5) is 13.3. The van der Waals surface area contributed by atoms with Crippen molar-refractivity contribution in [2.45, 2.75) is 38.6 Å². The Morgan fingerprint density at radius 1 is 1.71 bits per heavy atom. The minimum Gasteiger partial charge on any atom is -0.347 e. The van der Waals surface area contributed by atoms with Crippen molar-refractivity contribution in [3.63, 3.8) is 0 Å². The highest BCUT2D eigenvalue weighted by Gasteiger charge is 2.45. The number of thiophene rings is 1. The van der Waals surface area contributed by atoms with E-state index in [9.17, 15) is 4.79 Å². The number of carbonyl (C=O) groups excluding carboxylic acids is 1. The van der Waals surface area contributed by atoms with Gasteiger partial charge in [0.2, 0.25) is 5.91 Å². The zero-order valence-corrected chi connectivity index (χ0v) is 10.7. The number of nitriles is 1. The predicted octanol–water partition coefficient (Wildman–Crippen LogP) is 3.01. The summed E-state index contributed by atoms with van der Waals surface area (Å²) in [6, 6.07) is 6.24. The van der Waals surface area contributed by atoms with Crippen LogP contribution in [0.1, 0.15) is 43.5 Å². The van der Waals surface area contributed by atoms with Gasteiger partial charge in [0.15, 0.2) is 0 Å². The summed E-state index contributed by atoms with van der Waals surface area (Å²) in [5, 5.41) is 14.1. The molecule has 0 radical (unpaired) electrons. The quantitative estimate of drug-likeness (QED) is 0.890. The van der Waals surface area contributed by atoms with Crippen LogP contribution in [-0.4, -0.2) is 5.91 Å². The molecule has 0 aliphatic heterocycles. The van der Waals surface area contributed by atoms with E-state index in [-0.39, 0.29) is 11.9 Å². The van der Waals surface area contributed by atoms with Crippen LogP contribution >= 0.6 is 11.3 Å². The van der Waals surface area contributed by atoms with Crippen LogP contribution in [0.5, 0.6) is 0 Å². The molecule has 1 heterocycles. The molecule has 0 bridgehead atoms. The lowest BCUT2D eigenvalue weighted by molar-refractivity contribution is -0.132. The molecule has 1 amide bonds. The van der Waals surface area contributed by atoms with Crippen LogP contribution in [0.2, 0.25) is 0 Å². The standard InChI is InChI=1S/C13H16N2OS/c1-2-10(11-5-3-8-17-11)15-12(16)13(9-14)6-4-7-13/h3,5,8,10H,2,4,6-7H2,1H3,(H,15,16). The first kappa shape index (κ1) is 12.1. The first-order chi connectivity index (χ1) is 8.22. The molecule has 2 rings (SSSR count). The van der Waals surface area contributed by atoms with Gasteiger partial charge in [-0.1, -0.05) is 13.0 Å². The molecule has 1 atom stereocenters. The summed E-state index contributed by atoms with van der Waals surface area (Å²) >= 11 is 1.64. The molecule has 1 saturated carbocycles. The molecule has 3 nitrogen and oxygen atoms in total. The van der Waals surface area contributed by atoms with Crippen molar-refractivity contribution in [1.82, 2.24) is 5.32 Å². The fourth-order valence-electron chi connectivity index (χ4n) is 2.08. The summed E-state index contributed by atoms with van der Waals surface area (Å²) in [5.41, 5.74) is -0.745. The number of rotatable bonds is 4. The maximum absolute atomic E-state index is 12.1. The van der Waals surface area contributed by atoms with E-state index in [2.05, 4.69) is 11.4 Å². The second-order valence-corrected chi connectivity index (χ2v) is 5.48. The molecule has 0 saturated heterocycles. The van der Waals surface area contributed by atoms with Crippen LogP contribution < -0.4 is 5.32 Å². The highest BCUT2D eigenvalue weighted by Crippen LogP contribution is 2.41. The SMILES string of the molecule is CCC(NC(=O)C1(C#N)CCC1)c1cccs1. The molecule has 1 aromatic heterocycles. The van der Waals surface area contributed by atoms with Gasteiger partial charge in [0, 0.05) is 4.88 Å². The molecule has 1 unspecified atom stereocenters. The Bertz CT molecular complexity index is 429. The molecular weight excluding hydrogens is 232 g/mol. The third kappa shape index (κ3) is 2.20. The Morgan fingerprint density at radius 3 is 2.88 bits per heavy atom. The molecule has 0 spiro atoms. The Hall–Kier alpha value is -1.34. The second-order valence-electron chi connectivity index (χ2n) is 4.50. The Kier molecular flexibility index (Phi) is 3.49. The van der Waals surface area contributed by atoms with Gasteiger partial charge in [-0.05, 0) is 37.1 Å². The fourth-order valence-corrected chi connectivity index (χ4v) is 2.94. The van der Waals surface area contributed by atoms with Gasteiger partial charge in [-0.15, -0.1) is 11.3 Å². The van der Waals surface area contributed by atoms with E-state index >= 15 is 0 Å². The number of nitrogens with zero attached hydrogens (tertiary/aromatic N) is 1. The van der Waals surface area contributed by atoms with Crippen molar-refractivity contribution < 1.29 is 4.79 Å². The van der Waals surface area contributed by atoms with Gasteiger partial charge < -0.3 is 5.32 Å². The third-order valence-corrected chi connectivity index (χ3v) is 4.44. The zero-order chi connectivity index (χ0) is 12.3. The van der Waals surface area contributed by atoms with Gasteiger partial charge in [-0.3, -0.25) is 4.79 Å². The molecule has 1 fully saturated rings. The molecule has 1 aliphatic carbocycles. The van der Waals surface area contributed by atoms with Gasteiger partial charge >= 0.3 is 0 Å². The summed E-state index contributed by atoms with van der Waals surface area (Å²) in [6.45, 7) is 2.05. The van der Waals surface area contributed by atoms with Crippen molar-refractivity contribution in [2.24, 2.45) is 5.41 Å². The lowest BCUT2D eigenvalue weighted by atomic mass is 9.69. The van der Waals surface area contributed by atoms with Crippen molar-refractivity contribution in [3.05, 3.63) is 22.4 Å². The van der Waals surface area contributed by atoms with Crippen LogP contribution in [0.25, 0.3) is 0 Å². The van der Waals surface area contributed by atoms with Crippen LogP contribution in [0.3, 0.4) is 0 Å². The number of carbonyl (C=O) groups is 1. The maximum atomic E-state index is 12.1. The zero-order valence-electron chi connectivity index (χ0n) is 9.90. The van der Waals surface area contributed by atoms with Gasteiger partial charge in [0.25, 0.3) is 0 Å². The van der Waals surface area contributed by atoms with Crippen molar-refractivity contribution in [3.8, 4) is 6.07 Å². The highest BCUT2D eigenvalue weighted by molar-refractivity contribution is 7.10. The van der Waals surface area contributed by atoms with E-state index in [4.69, 9.17) is 5.26 Å². The Morgan fingerprint density at radius 2 is 2.47 bits per heavy atom. The van der Waals surface area contributed by atoms with E-state index < -0.39 is 5.41 Å². The average molecular weight is 248 g/mol. The van der Waals surface area contributed by atoms with Crippen LogP contribution in [0.15, 0.2) is 17.5 Å². The molecule has 4 heteroatoms. The van der Waals surface area contributed by atoms with E-state index in [1.165, 1.54) is 0 Å². The van der Waals surface area contributed by atoms with E-state index in [0.29, 0.717) is 12.8 Å². The first-order valence-electron chi connectivity index (χ1n) is 5.97. The number of hydrogen-bond donors (Lipinski definition) is 1. The Labute approximate surface area is 105 Å². The second kappa shape index (κ2) is 4.89. The number of hydrogen-bond acceptors (Lipinski definition) is 3. The number of nitrogens with one attached hydrogen (secondary N) is 1. The molecule has 0 aromatic carbocycles. The average Bonchev–Trinajstić information content (AvgIpc) is 2.78. The molecule has 1 N–H and O–H groups in total. The van der Waals surface area contributed by atoms with Crippen LogP contribution in [0.4, 0.5) is 0 Å². The fraction of sp³-hybridized carbons (Fsp3) is 0.538. The lowest BCUT2D eigenvalue weighted by Gasteiger charge is -2.34. The summed E-state index contributed by atoms with van der Waals surface area (Å²) < 4.78 is 0. The minimum atomic E-state index is -0.745. The molecule has 90 valence electrons. The van der Waals surface area contributed by atoms with Gasteiger partial charge in [-0.25, -0.2) is 0 Å². The van der Waals surface area contributed by atoms with E-state index in [0.717, 1.165) is 17.7 Å². The topological polar surface area (TPSA) is 52.9 Å². The summed E-state index contributed by atoms with van der Waals surface area (Å²) in [6.07, 6.45) is 3.25. The van der Waals surface area contributed by atoms with E-state index in [1.54, 1.807) is 11.3 Å². The third-order valence-electron chi connectivity index (χ3n) is 3.46. The number of amides is 1. The summed E-state index contributed by atoms with van der Waals surface area (Å²) in [5.74, 6) is -0.0912. The largest absolute Gasteiger partial charge is 0.347 e. The minimum absolute atomic E-state index is 0.0494. The monoisotopic (exact) mass is 248 g/mol.